The molecule has 0 radical (unpaired) electrons. The largest absolute Gasteiger partial charge is 0.399 e. The number of hydrogen-bond donors (Lipinski definition) is 1. The highest BCUT2D eigenvalue weighted by molar-refractivity contribution is 6.35. The summed E-state index contributed by atoms with van der Waals surface area (Å²) in [6, 6.07) is 13.2. The van der Waals surface area contributed by atoms with Gasteiger partial charge in [-0.1, -0.05) is 35.3 Å². The summed E-state index contributed by atoms with van der Waals surface area (Å²) in [5.74, 6) is 0.821. The predicted octanol–water partition coefficient (Wildman–Crippen LogP) is 4.49. The molecule has 21 heavy (non-hydrogen) atoms. The molecule has 3 aromatic rings. The van der Waals surface area contributed by atoms with Gasteiger partial charge in [-0.25, -0.2) is 4.98 Å². The highest BCUT2D eigenvalue weighted by Crippen LogP contribution is 2.26. The van der Waals surface area contributed by atoms with E-state index in [-0.39, 0.29) is 0 Å². The maximum absolute atomic E-state index is 6.06. The molecule has 0 amide bonds. The minimum atomic E-state index is 0.594. The van der Waals surface area contributed by atoms with E-state index in [4.69, 9.17) is 28.9 Å². The molecule has 106 valence electrons. The molecule has 3 nitrogen and oxygen atoms in total. The second-order valence-electron chi connectivity index (χ2n) is 4.78. The second-order valence-corrected chi connectivity index (χ2v) is 5.65. The zero-order valence-corrected chi connectivity index (χ0v) is 12.6. The minimum absolute atomic E-state index is 0.594. The van der Waals surface area contributed by atoms with E-state index >= 15 is 0 Å². The molecule has 0 atom stereocenters. The van der Waals surface area contributed by atoms with E-state index in [0.717, 1.165) is 22.6 Å². The summed E-state index contributed by atoms with van der Waals surface area (Å²) in [5.41, 5.74) is 8.57. The Morgan fingerprint density at radius 2 is 1.81 bits per heavy atom. The maximum Gasteiger partial charge on any atom is 0.140 e. The van der Waals surface area contributed by atoms with Crippen LogP contribution in [-0.2, 0) is 6.54 Å². The summed E-state index contributed by atoms with van der Waals surface area (Å²) in [6.07, 6.45) is 3.68. The summed E-state index contributed by atoms with van der Waals surface area (Å²) in [4.78, 5) is 4.40. The van der Waals surface area contributed by atoms with Crippen molar-refractivity contribution in [3.05, 3.63) is 70.5 Å². The molecule has 0 saturated carbocycles. The van der Waals surface area contributed by atoms with Gasteiger partial charge in [-0.15, -0.1) is 0 Å². The Labute approximate surface area is 132 Å². The van der Waals surface area contributed by atoms with Crippen molar-refractivity contribution < 1.29 is 0 Å². The van der Waals surface area contributed by atoms with Gasteiger partial charge in [-0.05, 0) is 35.9 Å². The van der Waals surface area contributed by atoms with Gasteiger partial charge in [-0.2, -0.15) is 0 Å². The normalized spacial score (nSPS) is 10.8. The Hall–Kier alpha value is -1.97. The van der Waals surface area contributed by atoms with Gasteiger partial charge in [0.2, 0.25) is 0 Å². The summed E-state index contributed by atoms with van der Waals surface area (Å²) in [6.45, 7) is 0.685. The van der Waals surface area contributed by atoms with Gasteiger partial charge in [0.15, 0.2) is 0 Å². The van der Waals surface area contributed by atoms with E-state index in [0.29, 0.717) is 16.6 Å². The summed E-state index contributed by atoms with van der Waals surface area (Å²) >= 11 is 12.1. The van der Waals surface area contributed by atoms with Crippen LogP contribution in [0, 0.1) is 0 Å². The number of nitrogen functional groups attached to an aromatic ring is 1. The summed E-state index contributed by atoms with van der Waals surface area (Å²) in [5, 5.41) is 1.19. The fourth-order valence-electron chi connectivity index (χ4n) is 2.27. The van der Waals surface area contributed by atoms with Crippen LogP contribution in [0.15, 0.2) is 54.9 Å². The lowest BCUT2D eigenvalue weighted by atomic mass is 10.2. The average molecular weight is 318 g/mol. The van der Waals surface area contributed by atoms with Crippen molar-refractivity contribution in [2.45, 2.75) is 6.54 Å². The number of hydrogen-bond acceptors (Lipinski definition) is 2. The third-order valence-corrected chi connectivity index (χ3v) is 3.58. The van der Waals surface area contributed by atoms with Crippen molar-refractivity contribution in [2.24, 2.45) is 0 Å². The van der Waals surface area contributed by atoms with Crippen LogP contribution in [-0.4, -0.2) is 9.55 Å². The number of rotatable bonds is 3. The summed E-state index contributed by atoms with van der Waals surface area (Å²) < 4.78 is 2.04. The van der Waals surface area contributed by atoms with Gasteiger partial charge < -0.3 is 10.3 Å². The molecule has 0 fully saturated rings. The predicted molar refractivity (Wildman–Crippen MR) is 87.6 cm³/mol. The molecular weight excluding hydrogens is 305 g/mol. The standard InChI is InChI=1S/C16H13Cl2N3/c17-13-7-12(8-14(18)9-13)16-20-4-5-21(16)10-11-2-1-3-15(19)6-11/h1-9H,10,19H2. The zero-order chi connectivity index (χ0) is 14.8. The van der Waals surface area contributed by atoms with Crippen LogP contribution in [0.5, 0.6) is 0 Å². The van der Waals surface area contributed by atoms with Crippen LogP contribution in [0.25, 0.3) is 11.4 Å². The number of nitrogens with two attached hydrogens (primary N) is 1. The molecule has 3 rings (SSSR count). The highest BCUT2D eigenvalue weighted by atomic mass is 35.5. The molecule has 0 aliphatic rings. The van der Waals surface area contributed by atoms with E-state index in [2.05, 4.69) is 4.98 Å². The van der Waals surface area contributed by atoms with Gasteiger partial charge in [-0.3, -0.25) is 0 Å². The number of benzene rings is 2. The fraction of sp³-hybridized carbons (Fsp3) is 0.0625. The zero-order valence-electron chi connectivity index (χ0n) is 11.1. The second kappa shape index (κ2) is 5.80. The van der Waals surface area contributed by atoms with Crippen molar-refractivity contribution in [2.75, 3.05) is 5.73 Å². The van der Waals surface area contributed by atoms with Crippen molar-refractivity contribution in [3.8, 4) is 11.4 Å². The van der Waals surface area contributed by atoms with E-state index in [9.17, 15) is 0 Å². The van der Waals surface area contributed by atoms with Crippen LogP contribution >= 0.6 is 23.2 Å². The molecule has 5 heteroatoms. The first-order chi connectivity index (χ1) is 10.1. The van der Waals surface area contributed by atoms with Gasteiger partial charge in [0.1, 0.15) is 5.82 Å². The maximum atomic E-state index is 6.06. The van der Waals surface area contributed by atoms with Gasteiger partial charge in [0.05, 0.1) is 0 Å². The summed E-state index contributed by atoms with van der Waals surface area (Å²) in [7, 11) is 0. The molecule has 0 bridgehead atoms. The number of imidazole rings is 1. The van der Waals surface area contributed by atoms with Crippen molar-refractivity contribution in [1.82, 2.24) is 9.55 Å². The molecule has 1 aromatic heterocycles. The van der Waals surface area contributed by atoms with Crippen molar-refractivity contribution >= 4 is 28.9 Å². The van der Waals surface area contributed by atoms with Crippen molar-refractivity contribution in [1.29, 1.82) is 0 Å². The lowest BCUT2D eigenvalue weighted by molar-refractivity contribution is 0.807. The van der Waals surface area contributed by atoms with Gasteiger partial charge in [0, 0.05) is 40.2 Å². The number of nitrogens with zero attached hydrogens (tertiary/aromatic N) is 2. The van der Waals surface area contributed by atoms with E-state index in [1.54, 1.807) is 12.3 Å². The van der Waals surface area contributed by atoms with Crippen LogP contribution in [0.4, 0.5) is 5.69 Å². The van der Waals surface area contributed by atoms with Gasteiger partial charge >= 0.3 is 0 Å². The molecule has 0 unspecified atom stereocenters. The van der Waals surface area contributed by atoms with E-state index in [1.807, 2.05) is 47.2 Å². The van der Waals surface area contributed by atoms with Crippen LogP contribution in [0.3, 0.4) is 0 Å². The van der Waals surface area contributed by atoms with Crippen LogP contribution in [0.2, 0.25) is 10.0 Å². The Kier molecular flexibility index (Phi) is 3.86. The third kappa shape index (κ3) is 3.20. The Morgan fingerprint density at radius 3 is 2.52 bits per heavy atom. The fourth-order valence-corrected chi connectivity index (χ4v) is 2.79. The molecule has 0 aliphatic carbocycles. The molecule has 0 saturated heterocycles. The number of aromatic nitrogens is 2. The average Bonchev–Trinajstić information content (AvgIpc) is 2.85. The molecule has 0 aliphatic heterocycles. The van der Waals surface area contributed by atoms with Crippen molar-refractivity contribution in [3.63, 3.8) is 0 Å². The highest BCUT2D eigenvalue weighted by Gasteiger charge is 2.08. The Balaban J connectivity index is 1.97. The Bertz CT molecular complexity index is 760. The molecule has 2 N–H and O–H groups in total. The Morgan fingerprint density at radius 1 is 1.05 bits per heavy atom. The monoisotopic (exact) mass is 317 g/mol. The molecule has 2 aromatic carbocycles. The van der Waals surface area contributed by atoms with Crippen LogP contribution < -0.4 is 5.73 Å². The van der Waals surface area contributed by atoms with E-state index < -0.39 is 0 Å². The topological polar surface area (TPSA) is 43.8 Å². The molecule has 0 spiro atoms. The minimum Gasteiger partial charge on any atom is -0.399 e. The SMILES string of the molecule is Nc1cccc(Cn2ccnc2-c2cc(Cl)cc(Cl)c2)c1. The smallest absolute Gasteiger partial charge is 0.140 e. The third-order valence-electron chi connectivity index (χ3n) is 3.14. The first-order valence-corrected chi connectivity index (χ1v) is 7.19. The van der Waals surface area contributed by atoms with E-state index in [1.165, 1.54) is 0 Å². The number of halogens is 2. The van der Waals surface area contributed by atoms with Crippen LogP contribution in [0.1, 0.15) is 5.56 Å². The molecule has 1 heterocycles. The molecular formula is C16H13Cl2N3. The lowest BCUT2D eigenvalue weighted by Crippen LogP contribution is -2.01. The first kappa shape index (κ1) is 14.0. The lowest BCUT2D eigenvalue weighted by Gasteiger charge is -2.09. The first-order valence-electron chi connectivity index (χ1n) is 6.44. The number of anilines is 1. The quantitative estimate of drug-likeness (QED) is 0.723. The van der Waals surface area contributed by atoms with Gasteiger partial charge in [0.25, 0.3) is 0 Å².